The van der Waals surface area contributed by atoms with Crippen LogP contribution >= 0.6 is 23.4 Å². The number of nitrogens with zero attached hydrogens (tertiary/aromatic N) is 1. The van der Waals surface area contributed by atoms with Gasteiger partial charge in [0, 0.05) is 18.2 Å². The first-order valence-electron chi connectivity index (χ1n) is 7.46. The van der Waals surface area contributed by atoms with E-state index in [9.17, 15) is 19.7 Å². The Morgan fingerprint density at radius 3 is 2.71 bits per heavy atom. The molecule has 2 amide bonds. The number of hydrogen-bond donors (Lipinski definition) is 2. The summed E-state index contributed by atoms with van der Waals surface area (Å²) in [6.07, 6.45) is 4.34. The molecule has 2 rings (SSSR count). The lowest BCUT2D eigenvalue weighted by Crippen LogP contribution is -2.47. The molecule has 1 aliphatic rings. The molecule has 1 atom stereocenters. The normalized spacial score (nSPS) is 14.8. The Bertz CT molecular complexity index is 652. The SMILES string of the molecule is CSCC[C@@H](NC(=O)c1ccc([N+](=O)[O-])cc1Cl)C(=O)NC1CC1. The molecule has 9 heteroatoms. The fraction of sp³-hybridized carbons (Fsp3) is 0.467. The quantitative estimate of drug-likeness (QED) is 0.539. The molecule has 0 saturated heterocycles. The van der Waals surface area contributed by atoms with E-state index in [0.29, 0.717) is 6.42 Å². The standard InChI is InChI=1S/C15H18ClN3O4S/c1-24-7-6-13(15(21)17-9-2-3-9)18-14(20)11-5-4-10(19(22)23)8-12(11)16/h4-5,8-9,13H,2-3,6-7H2,1H3,(H,17,21)(H,18,20)/t13-/m1/s1. The molecule has 1 saturated carbocycles. The van der Waals surface area contributed by atoms with Gasteiger partial charge in [0.25, 0.3) is 11.6 Å². The molecule has 0 radical (unpaired) electrons. The van der Waals surface area contributed by atoms with Gasteiger partial charge < -0.3 is 10.6 Å². The van der Waals surface area contributed by atoms with E-state index in [-0.39, 0.29) is 28.2 Å². The molecule has 0 unspecified atom stereocenters. The summed E-state index contributed by atoms with van der Waals surface area (Å²) in [6, 6.07) is 3.17. The third-order valence-electron chi connectivity index (χ3n) is 3.56. The van der Waals surface area contributed by atoms with Gasteiger partial charge in [0.05, 0.1) is 15.5 Å². The molecule has 2 N–H and O–H groups in total. The third kappa shape index (κ3) is 5.10. The zero-order valence-corrected chi connectivity index (χ0v) is 14.7. The van der Waals surface area contributed by atoms with Crippen LogP contribution in [0.3, 0.4) is 0 Å². The van der Waals surface area contributed by atoms with Crippen molar-refractivity contribution in [2.75, 3.05) is 12.0 Å². The Morgan fingerprint density at radius 1 is 1.46 bits per heavy atom. The van der Waals surface area contributed by atoms with Crippen LogP contribution in [0, 0.1) is 10.1 Å². The molecular formula is C15H18ClN3O4S. The smallest absolute Gasteiger partial charge is 0.270 e. The summed E-state index contributed by atoms with van der Waals surface area (Å²) >= 11 is 7.54. The Balaban J connectivity index is 2.07. The minimum absolute atomic E-state index is 0.0204. The Kier molecular flexibility index (Phi) is 6.44. The van der Waals surface area contributed by atoms with Crippen LogP contribution in [0.25, 0.3) is 0 Å². The number of nitro benzene ring substituents is 1. The van der Waals surface area contributed by atoms with Crippen LogP contribution in [0.1, 0.15) is 29.6 Å². The molecule has 0 bridgehead atoms. The highest BCUT2D eigenvalue weighted by atomic mass is 35.5. The van der Waals surface area contributed by atoms with Crippen LogP contribution in [-0.2, 0) is 4.79 Å². The molecule has 1 aliphatic carbocycles. The van der Waals surface area contributed by atoms with E-state index in [1.54, 1.807) is 11.8 Å². The van der Waals surface area contributed by atoms with E-state index < -0.39 is 16.9 Å². The van der Waals surface area contributed by atoms with E-state index in [1.807, 2.05) is 6.26 Å². The van der Waals surface area contributed by atoms with E-state index in [4.69, 9.17) is 11.6 Å². The Morgan fingerprint density at radius 2 is 2.17 bits per heavy atom. The van der Waals surface area contributed by atoms with Gasteiger partial charge in [0.2, 0.25) is 5.91 Å². The van der Waals surface area contributed by atoms with Crippen molar-refractivity contribution in [2.24, 2.45) is 0 Å². The number of benzene rings is 1. The number of non-ortho nitro benzene ring substituents is 1. The van der Waals surface area contributed by atoms with Crippen LogP contribution in [-0.4, -0.2) is 40.8 Å². The van der Waals surface area contributed by atoms with Crippen LogP contribution in [0.5, 0.6) is 0 Å². The largest absolute Gasteiger partial charge is 0.352 e. The maximum absolute atomic E-state index is 12.4. The number of nitrogens with one attached hydrogen (secondary N) is 2. The van der Waals surface area contributed by atoms with Crippen molar-refractivity contribution < 1.29 is 14.5 Å². The maximum Gasteiger partial charge on any atom is 0.270 e. The second kappa shape index (κ2) is 8.34. The first-order chi connectivity index (χ1) is 11.4. The maximum atomic E-state index is 12.4. The van der Waals surface area contributed by atoms with Gasteiger partial charge in [-0.25, -0.2) is 0 Å². The number of rotatable bonds is 8. The Labute approximate surface area is 148 Å². The number of halogens is 1. The summed E-state index contributed by atoms with van der Waals surface area (Å²) in [4.78, 5) is 34.7. The average Bonchev–Trinajstić information content (AvgIpc) is 3.34. The van der Waals surface area contributed by atoms with E-state index in [1.165, 1.54) is 12.1 Å². The zero-order valence-electron chi connectivity index (χ0n) is 13.1. The molecule has 24 heavy (non-hydrogen) atoms. The predicted octanol–water partition coefficient (Wildman–Crippen LogP) is 2.38. The summed E-state index contributed by atoms with van der Waals surface area (Å²) in [5.41, 5.74) is -0.0856. The van der Waals surface area contributed by atoms with E-state index in [0.717, 1.165) is 24.7 Å². The summed E-state index contributed by atoms with van der Waals surface area (Å²) in [6.45, 7) is 0. The molecule has 1 aromatic carbocycles. The number of carbonyl (C=O) groups excluding carboxylic acids is 2. The lowest BCUT2D eigenvalue weighted by molar-refractivity contribution is -0.384. The highest BCUT2D eigenvalue weighted by molar-refractivity contribution is 7.98. The lowest BCUT2D eigenvalue weighted by Gasteiger charge is -2.18. The fourth-order valence-electron chi connectivity index (χ4n) is 2.07. The van der Waals surface area contributed by atoms with E-state index >= 15 is 0 Å². The highest BCUT2D eigenvalue weighted by Crippen LogP contribution is 2.23. The summed E-state index contributed by atoms with van der Waals surface area (Å²) in [5.74, 6) is -0.0123. The second-order valence-corrected chi connectivity index (χ2v) is 6.90. The van der Waals surface area contributed by atoms with Gasteiger partial charge in [0.15, 0.2) is 0 Å². The minimum Gasteiger partial charge on any atom is -0.352 e. The van der Waals surface area contributed by atoms with E-state index in [2.05, 4.69) is 10.6 Å². The van der Waals surface area contributed by atoms with Crippen LogP contribution in [0.15, 0.2) is 18.2 Å². The predicted molar refractivity (Wildman–Crippen MR) is 93.5 cm³/mol. The van der Waals surface area contributed by atoms with Gasteiger partial charge in [-0.1, -0.05) is 11.6 Å². The monoisotopic (exact) mass is 371 g/mol. The van der Waals surface area contributed by atoms with Crippen molar-refractivity contribution in [2.45, 2.75) is 31.3 Å². The van der Waals surface area contributed by atoms with Crippen molar-refractivity contribution in [1.82, 2.24) is 10.6 Å². The number of nitro groups is 1. The summed E-state index contributed by atoms with van der Waals surface area (Å²) in [5, 5.41) is 16.2. The number of thioether (sulfide) groups is 1. The van der Waals surface area contributed by atoms with Crippen molar-refractivity contribution in [3.63, 3.8) is 0 Å². The summed E-state index contributed by atoms with van der Waals surface area (Å²) in [7, 11) is 0. The van der Waals surface area contributed by atoms with Crippen LogP contribution in [0.2, 0.25) is 5.02 Å². The van der Waals surface area contributed by atoms with Crippen LogP contribution < -0.4 is 10.6 Å². The third-order valence-corrected chi connectivity index (χ3v) is 4.52. The average molecular weight is 372 g/mol. The van der Waals surface area contributed by atoms with Crippen LogP contribution in [0.4, 0.5) is 5.69 Å². The Hall–Kier alpha value is -1.80. The number of hydrogen-bond acceptors (Lipinski definition) is 5. The number of amides is 2. The second-order valence-electron chi connectivity index (χ2n) is 5.51. The molecule has 0 aromatic heterocycles. The molecule has 7 nitrogen and oxygen atoms in total. The first-order valence-corrected chi connectivity index (χ1v) is 9.23. The van der Waals surface area contributed by atoms with Crippen molar-refractivity contribution in [1.29, 1.82) is 0 Å². The van der Waals surface area contributed by atoms with Crippen molar-refractivity contribution >= 4 is 40.9 Å². The zero-order chi connectivity index (χ0) is 17.7. The van der Waals surface area contributed by atoms with Gasteiger partial charge in [-0.15, -0.1) is 0 Å². The van der Waals surface area contributed by atoms with Gasteiger partial charge in [-0.3, -0.25) is 19.7 Å². The van der Waals surface area contributed by atoms with Crippen molar-refractivity contribution in [3.05, 3.63) is 38.9 Å². The van der Waals surface area contributed by atoms with Gasteiger partial charge >= 0.3 is 0 Å². The molecule has 0 heterocycles. The van der Waals surface area contributed by atoms with Crippen molar-refractivity contribution in [3.8, 4) is 0 Å². The molecule has 0 aliphatic heterocycles. The molecule has 1 fully saturated rings. The van der Waals surface area contributed by atoms with Gasteiger partial charge in [-0.2, -0.15) is 11.8 Å². The highest BCUT2D eigenvalue weighted by Gasteiger charge is 2.28. The molecule has 0 spiro atoms. The van der Waals surface area contributed by atoms with Gasteiger partial charge in [-0.05, 0) is 37.3 Å². The lowest BCUT2D eigenvalue weighted by atomic mass is 10.1. The summed E-state index contributed by atoms with van der Waals surface area (Å²) < 4.78 is 0. The molecule has 1 aromatic rings. The minimum atomic E-state index is -0.656. The molecule has 130 valence electrons. The topological polar surface area (TPSA) is 101 Å². The first kappa shape index (κ1) is 18.5. The number of carbonyl (C=O) groups is 2. The van der Waals surface area contributed by atoms with Gasteiger partial charge in [0.1, 0.15) is 6.04 Å². The molecular weight excluding hydrogens is 354 g/mol. The fourth-order valence-corrected chi connectivity index (χ4v) is 2.80.